The molecule has 0 aliphatic heterocycles. The number of hydrogen-bond donors (Lipinski definition) is 4. The highest BCUT2D eigenvalue weighted by Crippen LogP contribution is 2.09. The molecular weight excluding hydrogens is 328 g/mol. The number of carboxylic acids is 1. The van der Waals surface area contributed by atoms with E-state index in [4.69, 9.17) is 14.9 Å². The Morgan fingerprint density at radius 1 is 1.16 bits per heavy atom. The lowest BCUT2D eigenvalue weighted by Gasteiger charge is -2.24. The van der Waals surface area contributed by atoms with Gasteiger partial charge in [-0.05, 0) is 11.5 Å². The molecule has 0 spiro atoms. The largest absolute Gasteiger partial charge is 0.480 e. The van der Waals surface area contributed by atoms with Crippen molar-refractivity contribution >= 4 is 18.0 Å². The Kier molecular flexibility index (Phi) is 8.42. The average Bonchev–Trinajstić information content (AvgIpc) is 2.62. The maximum atomic E-state index is 12.3. The van der Waals surface area contributed by atoms with Crippen LogP contribution in [0.25, 0.3) is 0 Å². The molecule has 1 aromatic carbocycles. The zero-order valence-corrected chi connectivity index (χ0v) is 14.3. The number of aliphatic hydroxyl groups is 1. The van der Waals surface area contributed by atoms with Gasteiger partial charge in [0, 0.05) is 0 Å². The number of carboxylic acid groups (broad SMARTS) is 1. The standard InChI is InChI=1S/C17H24N2O6/c1-3-11(2)14(15(21)18-13(9-20)16(22)23)19-17(24)25-10-12-7-5-4-6-8-12/h4-8,11,13-14,20H,3,9-10H2,1-2H3,(H,18,21)(H,19,24)(H,22,23)/t11-,13+,14+/m1/s1. The molecule has 2 amide bonds. The van der Waals surface area contributed by atoms with E-state index >= 15 is 0 Å². The minimum absolute atomic E-state index is 0.0515. The predicted molar refractivity (Wildman–Crippen MR) is 89.7 cm³/mol. The van der Waals surface area contributed by atoms with Gasteiger partial charge in [-0.25, -0.2) is 9.59 Å². The number of alkyl carbamates (subject to hydrolysis) is 1. The van der Waals surface area contributed by atoms with Gasteiger partial charge in [0.1, 0.15) is 18.7 Å². The Labute approximate surface area is 146 Å². The molecule has 0 aromatic heterocycles. The van der Waals surface area contributed by atoms with E-state index < -0.39 is 36.7 Å². The van der Waals surface area contributed by atoms with Crippen molar-refractivity contribution in [2.45, 2.75) is 39.0 Å². The Morgan fingerprint density at radius 2 is 1.80 bits per heavy atom. The molecule has 0 saturated heterocycles. The molecule has 0 aliphatic rings. The second kappa shape index (κ2) is 10.3. The van der Waals surface area contributed by atoms with Gasteiger partial charge >= 0.3 is 12.1 Å². The van der Waals surface area contributed by atoms with E-state index in [2.05, 4.69) is 10.6 Å². The van der Waals surface area contributed by atoms with Crippen LogP contribution in [0.4, 0.5) is 4.79 Å². The van der Waals surface area contributed by atoms with Crippen molar-refractivity contribution in [3.05, 3.63) is 35.9 Å². The Bertz CT molecular complexity index is 578. The van der Waals surface area contributed by atoms with Gasteiger partial charge in [0.15, 0.2) is 0 Å². The maximum absolute atomic E-state index is 12.3. The van der Waals surface area contributed by atoms with Crippen LogP contribution < -0.4 is 10.6 Å². The van der Waals surface area contributed by atoms with E-state index in [1.165, 1.54) is 0 Å². The fourth-order valence-corrected chi connectivity index (χ4v) is 2.04. The lowest BCUT2D eigenvalue weighted by atomic mass is 9.98. The van der Waals surface area contributed by atoms with E-state index in [9.17, 15) is 14.4 Å². The minimum atomic E-state index is -1.43. The highest BCUT2D eigenvalue weighted by Gasteiger charge is 2.29. The van der Waals surface area contributed by atoms with Crippen LogP contribution in [-0.4, -0.2) is 46.9 Å². The molecule has 1 rings (SSSR count). The van der Waals surface area contributed by atoms with Gasteiger partial charge in [-0.3, -0.25) is 4.79 Å². The quantitative estimate of drug-likeness (QED) is 0.523. The molecule has 138 valence electrons. The minimum Gasteiger partial charge on any atom is -0.480 e. The van der Waals surface area contributed by atoms with Crippen molar-refractivity contribution < 1.29 is 29.3 Å². The van der Waals surface area contributed by atoms with Gasteiger partial charge in [-0.2, -0.15) is 0 Å². The summed E-state index contributed by atoms with van der Waals surface area (Å²) in [7, 11) is 0. The van der Waals surface area contributed by atoms with Gasteiger partial charge in [0.05, 0.1) is 6.61 Å². The average molecular weight is 352 g/mol. The maximum Gasteiger partial charge on any atom is 0.408 e. The van der Waals surface area contributed by atoms with Crippen LogP contribution in [0.1, 0.15) is 25.8 Å². The summed E-state index contributed by atoms with van der Waals surface area (Å²) < 4.78 is 5.09. The molecule has 4 N–H and O–H groups in total. The van der Waals surface area contributed by atoms with E-state index in [0.717, 1.165) is 5.56 Å². The van der Waals surface area contributed by atoms with E-state index in [0.29, 0.717) is 6.42 Å². The molecule has 8 heteroatoms. The smallest absolute Gasteiger partial charge is 0.408 e. The second-order valence-corrected chi connectivity index (χ2v) is 5.65. The molecule has 25 heavy (non-hydrogen) atoms. The van der Waals surface area contributed by atoms with Crippen LogP contribution in [-0.2, 0) is 20.9 Å². The number of aliphatic hydroxyl groups excluding tert-OH is 1. The summed E-state index contributed by atoms with van der Waals surface area (Å²) in [5.74, 6) is -2.30. The molecule has 0 radical (unpaired) electrons. The number of amides is 2. The lowest BCUT2D eigenvalue weighted by molar-refractivity contribution is -0.143. The summed E-state index contributed by atoms with van der Waals surface area (Å²) in [6, 6.07) is 6.66. The fraction of sp³-hybridized carbons (Fsp3) is 0.471. The topological polar surface area (TPSA) is 125 Å². The summed E-state index contributed by atoms with van der Waals surface area (Å²) in [6.45, 7) is 2.89. The third-order valence-electron chi connectivity index (χ3n) is 3.78. The van der Waals surface area contributed by atoms with Crippen LogP contribution in [0.15, 0.2) is 30.3 Å². The number of rotatable bonds is 9. The Hall–Kier alpha value is -2.61. The highest BCUT2D eigenvalue weighted by molar-refractivity contribution is 5.89. The monoisotopic (exact) mass is 352 g/mol. The summed E-state index contributed by atoms with van der Waals surface area (Å²) >= 11 is 0. The number of aliphatic carboxylic acids is 1. The van der Waals surface area contributed by atoms with Gasteiger partial charge in [-0.1, -0.05) is 50.6 Å². The zero-order valence-electron chi connectivity index (χ0n) is 14.3. The van der Waals surface area contributed by atoms with Crippen LogP contribution >= 0.6 is 0 Å². The molecule has 0 aliphatic carbocycles. The molecule has 0 heterocycles. The van der Waals surface area contributed by atoms with Gasteiger partial charge in [-0.15, -0.1) is 0 Å². The summed E-state index contributed by atoms with van der Waals surface area (Å²) in [6.07, 6.45) is -0.200. The first-order valence-electron chi connectivity index (χ1n) is 8.00. The number of ether oxygens (including phenoxy) is 1. The van der Waals surface area contributed by atoms with Crippen molar-refractivity contribution in [2.75, 3.05) is 6.61 Å². The van der Waals surface area contributed by atoms with E-state index in [1.54, 1.807) is 19.1 Å². The normalized spacial score (nSPS) is 14.0. The number of nitrogens with one attached hydrogen (secondary N) is 2. The molecule has 0 saturated carbocycles. The van der Waals surface area contributed by atoms with Gasteiger partial charge in [0.2, 0.25) is 5.91 Å². The molecular formula is C17H24N2O6. The predicted octanol–water partition coefficient (Wildman–Crippen LogP) is 0.889. The van der Waals surface area contributed by atoms with Crippen molar-refractivity contribution in [1.82, 2.24) is 10.6 Å². The molecule has 0 unspecified atom stereocenters. The third kappa shape index (κ3) is 6.80. The van der Waals surface area contributed by atoms with Crippen molar-refractivity contribution in [3.63, 3.8) is 0 Å². The first kappa shape index (κ1) is 20.4. The fourth-order valence-electron chi connectivity index (χ4n) is 2.04. The van der Waals surface area contributed by atoms with Gasteiger partial charge < -0.3 is 25.6 Å². The number of carbonyl (C=O) groups excluding carboxylic acids is 2. The summed E-state index contributed by atoms with van der Waals surface area (Å²) in [5, 5.41) is 22.6. The number of benzene rings is 1. The Balaban J connectivity index is 2.66. The number of carbonyl (C=O) groups is 3. The summed E-state index contributed by atoms with van der Waals surface area (Å²) in [5.41, 5.74) is 0.799. The highest BCUT2D eigenvalue weighted by atomic mass is 16.5. The van der Waals surface area contributed by atoms with Crippen LogP contribution in [0.5, 0.6) is 0 Å². The number of hydrogen-bond acceptors (Lipinski definition) is 5. The molecule has 8 nitrogen and oxygen atoms in total. The molecule has 3 atom stereocenters. The third-order valence-corrected chi connectivity index (χ3v) is 3.78. The zero-order chi connectivity index (χ0) is 18.8. The van der Waals surface area contributed by atoms with Crippen molar-refractivity contribution in [3.8, 4) is 0 Å². The van der Waals surface area contributed by atoms with Crippen molar-refractivity contribution in [1.29, 1.82) is 0 Å². The molecule has 0 bridgehead atoms. The van der Waals surface area contributed by atoms with Gasteiger partial charge in [0.25, 0.3) is 0 Å². The van der Waals surface area contributed by atoms with Crippen LogP contribution in [0, 0.1) is 5.92 Å². The SMILES string of the molecule is CC[C@@H](C)[C@H](NC(=O)OCc1ccccc1)C(=O)N[C@@H](CO)C(=O)O. The van der Waals surface area contributed by atoms with Crippen LogP contribution in [0.2, 0.25) is 0 Å². The first-order chi connectivity index (χ1) is 11.9. The molecule has 1 aromatic rings. The first-order valence-corrected chi connectivity index (χ1v) is 8.00. The van der Waals surface area contributed by atoms with E-state index in [-0.39, 0.29) is 12.5 Å². The lowest BCUT2D eigenvalue weighted by Crippen LogP contribution is -2.55. The van der Waals surface area contributed by atoms with Crippen molar-refractivity contribution in [2.24, 2.45) is 5.92 Å². The Morgan fingerprint density at radius 3 is 2.32 bits per heavy atom. The van der Waals surface area contributed by atoms with E-state index in [1.807, 2.05) is 25.1 Å². The summed E-state index contributed by atoms with van der Waals surface area (Å²) in [4.78, 5) is 35.2. The molecule has 0 fully saturated rings. The second-order valence-electron chi connectivity index (χ2n) is 5.65. The van der Waals surface area contributed by atoms with Crippen LogP contribution in [0.3, 0.4) is 0 Å².